The molecule has 0 bridgehead atoms. The maximum atomic E-state index is 12.8. The van der Waals surface area contributed by atoms with Crippen LogP contribution in [0.2, 0.25) is 0 Å². The second-order valence-electron chi connectivity index (χ2n) is 8.17. The molecule has 0 atom stereocenters. The molecule has 4 heterocycles. The summed E-state index contributed by atoms with van der Waals surface area (Å²) in [5.41, 5.74) is 3.66. The van der Waals surface area contributed by atoms with Crippen molar-refractivity contribution in [2.75, 3.05) is 5.32 Å². The van der Waals surface area contributed by atoms with Crippen molar-refractivity contribution in [2.45, 2.75) is 25.4 Å². The predicted molar refractivity (Wildman–Crippen MR) is 121 cm³/mol. The molecule has 1 saturated carbocycles. The number of fused-ring (bicyclic) bond motifs is 1. The zero-order valence-corrected chi connectivity index (χ0v) is 18.2. The molecule has 1 fully saturated rings. The summed E-state index contributed by atoms with van der Waals surface area (Å²) in [4.78, 5) is 26.3. The van der Waals surface area contributed by atoms with Gasteiger partial charge in [0.2, 0.25) is 5.89 Å². The van der Waals surface area contributed by atoms with Crippen LogP contribution in [0.4, 0.5) is 5.69 Å². The van der Waals surface area contributed by atoms with Crippen molar-refractivity contribution in [1.29, 1.82) is 0 Å². The predicted octanol–water partition coefficient (Wildman–Crippen LogP) is 2.83. The first kappa shape index (κ1) is 20.2. The number of carbonyl (C=O) groups is 1. The Kier molecular flexibility index (Phi) is 4.69. The van der Waals surface area contributed by atoms with Crippen LogP contribution in [0.5, 0.6) is 0 Å². The topological polar surface area (TPSA) is 137 Å². The number of pyridine rings is 1. The van der Waals surface area contributed by atoms with Crippen LogP contribution < -0.4 is 5.32 Å². The van der Waals surface area contributed by atoms with Crippen LogP contribution in [-0.2, 0) is 13.7 Å². The van der Waals surface area contributed by atoms with Crippen LogP contribution in [0.3, 0.4) is 0 Å². The summed E-state index contributed by atoms with van der Waals surface area (Å²) in [7, 11) is 1.83. The van der Waals surface area contributed by atoms with E-state index in [2.05, 4.69) is 25.5 Å². The number of hydrogen-bond acceptors (Lipinski definition) is 8. The smallest absolute Gasteiger partial charge is 0.297 e. The number of aromatic nitrogens is 7. The molecule has 6 rings (SSSR count). The van der Waals surface area contributed by atoms with Gasteiger partial charge in [-0.25, -0.2) is 9.97 Å². The fourth-order valence-electron chi connectivity index (χ4n) is 3.94. The molecule has 0 aliphatic heterocycles. The van der Waals surface area contributed by atoms with Gasteiger partial charge in [0.15, 0.2) is 5.65 Å². The Bertz CT molecular complexity index is 1530. The van der Waals surface area contributed by atoms with Crippen LogP contribution >= 0.6 is 0 Å². The highest BCUT2D eigenvalue weighted by molar-refractivity contribution is 6.02. The number of rotatable bonds is 6. The van der Waals surface area contributed by atoms with Gasteiger partial charge >= 0.3 is 0 Å². The lowest BCUT2D eigenvalue weighted by Crippen LogP contribution is -2.16. The molecule has 34 heavy (non-hydrogen) atoms. The molecule has 0 saturated heterocycles. The minimum atomic E-state index is -0.511. The summed E-state index contributed by atoms with van der Waals surface area (Å²) in [6.45, 7) is -0.329. The fraction of sp³-hybridized carbons (Fsp3) is 0.217. The van der Waals surface area contributed by atoms with Crippen molar-refractivity contribution in [2.24, 2.45) is 7.05 Å². The zero-order valence-electron chi connectivity index (χ0n) is 18.2. The molecule has 5 aromatic rings. The summed E-state index contributed by atoms with van der Waals surface area (Å²) >= 11 is 0. The van der Waals surface area contributed by atoms with Crippen molar-refractivity contribution >= 4 is 22.8 Å². The number of imidazole rings is 1. The van der Waals surface area contributed by atoms with E-state index in [9.17, 15) is 9.90 Å². The van der Waals surface area contributed by atoms with Gasteiger partial charge in [-0.1, -0.05) is 11.2 Å². The standard InChI is InChI=1S/C23H20N8O3/c1-30-11-14(10-25-30)20-26-17-5-3-9-24-21(17)31(20)18-6-2-4-16(15(18)12-32)27-22(33)19-28-23(34-29-19)13-7-8-13/h2-6,9-11,13,32H,7-8,12H2,1H3,(H,27,33). The molecule has 11 heteroatoms. The summed E-state index contributed by atoms with van der Waals surface area (Å²) < 4.78 is 8.75. The Labute approximate surface area is 193 Å². The minimum absolute atomic E-state index is 0.0398. The number of aliphatic hydroxyl groups excluding tert-OH is 1. The third-order valence-corrected chi connectivity index (χ3v) is 5.75. The fourth-order valence-corrected chi connectivity index (χ4v) is 3.94. The summed E-state index contributed by atoms with van der Waals surface area (Å²) in [6, 6.07) is 9.03. The van der Waals surface area contributed by atoms with Gasteiger partial charge in [0.25, 0.3) is 11.7 Å². The third-order valence-electron chi connectivity index (χ3n) is 5.75. The summed E-state index contributed by atoms with van der Waals surface area (Å²) in [6.07, 6.45) is 7.25. The van der Waals surface area contributed by atoms with E-state index in [0.717, 1.165) is 18.4 Å². The monoisotopic (exact) mass is 456 g/mol. The Morgan fingerprint density at radius 3 is 2.88 bits per heavy atom. The van der Waals surface area contributed by atoms with Crippen molar-refractivity contribution in [3.8, 4) is 17.1 Å². The molecule has 11 nitrogen and oxygen atoms in total. The normalized spacial score (nSPS) is 13.5. The molecule has 2 N–H and O–H groups in total. The number of nitrogens with zero attached hydrogens (tertiary/aromatic N) is 7. The zero-order chi connectivity index (χ0) is 23.2. The number of anilines is 1. The summed E-state index contributed by atoms with van der Waals surface area (Å²) in [5, 5.41) is 21.2. The Balaban J connectivity index is 1.45. The summed E-state index contributed by atoms with van der Waals surface area (Å²) in [5.74, 6) is 0.800. The SMILES string of the molecule is Cn1cc(-c2nc3cccnc3n2-c2cccc(NC(=O)c3noc(C4CC4)n3)c2CO)cn1. The van der Waals surface area contributed by atoms with Crippen molar-refractivity contribution in [3.63, 3.8) is 0 Å². The van der Waals surface area contributed by atoms with Gasteiger partial charge < -0.3 is 14.9 Å². The van der Waals surface area contributed by atoms with E-state index < -0.39 is 5.91 Å². The minimum Gasteiger partial charge on any atom is -0.392 e. The molecule has 0 spiro atoms. The van der Waals surface area contributed by atoms with E-state index in [1.165, 1.54) is 0 Å². The van der Waals surface area contributed by atoms with Crippen LogP contribution in [0.1, 0.15) is 40.8 Å². The Hall–Kier alpha value is -4.38. The van der Waals surface area contributed by atoms with Gasteiger partial charge in [0, 0.05) is 36.6 Å². The second-order valence-corrected chi connectivity index (χ2v) is 8.17. The van der Waals surface area contributed by atoms with Gasteiger partial charge in [0.05, 0.1) is 24.1 Å². The second kappa shape index (κ2) is 7.89. The molecular weight excluding hydrogens is 436 g/mol. The number of carbonyl (C=O) groups excluding carboxylic acids is 1. The van der Waals surface area contributed by atoms with Crippen LogP contribution in [0.15, 0.2) is 53.4 Å². The number of amides is 1. The molecule has 0 radical (unpaired) electrons. The van der Waals surface area contributed by atoms with Crippen molar-refractivity contribution in [3.05, 3.63) is 66.2 Å². The molecular formula is C23H20N8O3. The highest BCUT2D eigenvalue weighted by Gasteiger charge is 2.31. The average molecular weight is 456 g/mol. The number of benzene rings is 1. The first-order valence-corrected chi connectivity index (χ1v) is 10.8. The van der Waals surface area contributed by atoms with E-state index in [1.54, 1.807) is 29.2 Å². The van der Waals surface area contributed by atoms with Gasteiger partial charge in [-0.3, -0.25) is 14.0 Å². The number of nitrogens with one attached hydrogen (secondary N) is 1. The quantitative estimate of drug-likeness (QED) is 0.398. The largest absolute Gasteiger partial charge is 0.392 e. The van der Waals surface area contributed by atoms with E-state index in [4.69, 9.17) is 9.51 Å². The first-order valence-electron chi connectivity index (χ1n) is 10.8. The van der Waals surface area contributed by atoms with Crippen molar-refractivity contribution < 1.29 is 14.4 Å². The Morgan fingerprint density at radius 1 is 1.24 bits per heavy atom. The van der Waals surface area contributed by atoms with E-state index in [1.807, 2.05) is 36.0 Å². The lowest BCUT2D eigenvalue weighted by atomic mass is 10.1. The maximum absolute atomic E-state index is 12.8. The Morgan fingerprint density at radius 2 is 2.12 bits per heavy atom. The molecule has 4 aromatic heterocycles. The maximum Gasteiger partial charge on any atom is 0.297 e. The van der Waals surface area contributed by atoms with Crippen LogP contribution in [0, 0.1) is 0 Å². The molecule has 1 amide bonds. The van der Waals surface area contributed by atoms with E-state index in [0.29, 0.717) is 39.8 Å². The lowest BCUT2D eigenvalue weighted by Gasteiger charge is -2.16. The number of aliphatic hydroxyl groups is 1. The first-order chi connectivity index (χ1) is 16.6. The average Bonchev–Trinajstić information content (AvgIpc) is 3.25. The highest BCUT2D eigenvalue weighted by Crippen LogP contribution is 2.39. The molecule has 0 unspecified atom stereocenters. The van der Waals surface area contributed by atoms with E-state index in [-0.39, 0.29) is 18.3 Å². The van der Waals surface area contributed by atoms with Crippen molar-refractivity contribution in [1.82, 2.24) is 34.5 Å². The van der Waals surface area contributed by atoms with Gasteiger partial charge in [-0.15, -0.1) is 0 Å². The van der Waals surface area contributed by atoms with Crippen LogP contribution in [-0.4, -0.2) is 45.5 Å². The molecule has 1 aromatic carbocycles. The van der Waals surface area contributed by atoms with Gasteiger partial charge in [0.1, 0.15) is 11.3 Å². The lowest BCUT2D eigenvalue weighted by molar-refractivity contribution is 0.101. The molecule has 170 valence electrons. The highest BCUT2D eigenvalue weighted by atomic mass is 16.5. The third kappa shape index (κ3) is 3.42. The molecule has 1 aliphatic rings. The molecule has 1 aliphatic carbocycles. The van der Waals surface area contributed by atoms with Gasteiger partial charge in [-0.05, 0) is 37.1 Å². The van der Waals surface area contributed by atoms with Gasteiger partial charge in [-0.2, -0.15) is 10.1 Å². The van der Waals surface area contributed by atoms with Crippen LogP contribution in [0.25, 0.3) is 28.2 Å². The number of aryl methyl sites for hydroxylation is 1. The van der Waals surface area contributed by atoms with E-state index >= 15 is 0 Å². The number of hydrogen-bond donors (Lipinski definition) is 2.